The first kappa shape index (κ1) is 14.9. The SMILES string of the molecule is Oc1c2c(c(O)c3cc4c(O)c5ccccc5c(O)c4cc13)CCC=C2. The number of benzene rings is 4. The van der Waals surface area contributed by atoms with Crippen molar-refractivity contribution in [1.29, 1.82) is 0 Å². The van der Waals surface area contributed by atoms with Crippen LogP contribution in [0.25, 0.3) is 38.4 Å². The molecule has 0 bridgehead atoms. The van der Waals surface area contributed by atoms with Crippen molar-refractivity contribution < 1.29 is 20.4 Å². The van der Waals surface area contributed by atoms with Crippen LogP contribution in [0.3, 0.4) is 0 Å². The molecule has 0 fully saturated rings. The van der Waals surface area contributed by atoms with E-state index in [1.165, 1.54) is 0 Å². The van der Waals surface area contributed by atoms with E-state index >= 15 is 0 Å². The molecule has 128 valence electrons. The van der Waals surface area contributed by atoms with Gasteiger partial charge in [0.25, 0.3) is 0 Å². The van der Waals surface area contributed by atoms with Crippen LogP contribution < -0.4 is 0 Å². The van der Waals surface area contributed by atoms with E-state index in [-0.39, 0.29) is 23.0 Å². The second kappa shape index (κ2) is 5.05. The van der Waals surface area contributed by atoms with Gasteiger partial charge >= 0.3 is 0 Å². The lowest BCUT2D eigenvalue weighted by Crippen LogP contribution is -1.97. The highest BCUT2D eigenvalue weighted by Crippen LogP contribution is 2.48. The van der Waals surface area contributed by atoms with Gasteiger partial charge in [0.05, 0.1) is 0 Å². The van der Waals surface area contributed by atoms with Crippen LogP contribution in [0.15, 0.2) is 42.5 Å². The summed E-state index contributed by atoms with van der Waals surface area (Å²) < 4.78 is 0. The Kier molecular flexibility index (Phi) is 2.89. The Morgan fingerprint density at radius 2 is 1.15 bits per heavy atom. The number of rotatable bonds is 0. The van der Waals surface area contributed by atoms with Crippen molar-refractivity contribution in [2.45, 2.75) is 12.8 Å². The Morgan fingerprint density at radius 3 is 1.77 bits per heavy atom. The van der Waals surface area contributed by atoms with E-state index < -0.39 is 0 Å². The highest BCUT2D eigenvalue weighted by Gasteiger charge is 2.21. The highest BCUT2D eigenvalue weighted by molar-refractivity contribution is 6.16. The van der Waals surface area contributed by atoms with Gasteiger partial charge in [-0.15, -0.1) is 0 Å². The predicted molar refractivity (Wildman–Crippen MR) is 103 cm³/mol. The number of hydrogen-bond acceptors (Lipinski definition) is 4. The molecular formula is C22H16O4. The van der Waals surface area contributed by atoms with Crippen molar-refractivity contribution in [2.24, 2.45) is 0 Å². The van der Waals surface area contributed by atoms with Crippen LogP contribution in [-0.4, -0.2) is 20.4 Å². The fraction of sp³-hybridized carbons (Fsp3) is 0.0909. The van der Waals surface area contributed by atoms with Gasteiger partial charge in [-0.25, -0.2) is 0 Å². The molecule has 4 aromatic rings. The first-order valence-electron chi connectivity index (χ1n) is 8.51. The Balaban J connectivity index is 2.02. The summed E-state index contributed by atoms with van der Waals surface area (Å²) in [6, 6.07) is 10.3. The quantitative estimate of drug-likeness (QED) is 0.269. The van der Waals surface area contributed by atoms with E-state index in [9.17, 15) is 20.4 Å². The molecule has 0 radical (unpaired) electrons. The fourth-order valence-corrected chi connectivity index (χ4v) is 4.01. The van der Waals surface area contributed by atoms with E-state index in [0.717, 1.165) is 6.42 Å². The van der Waals surface area contributed by atoms with Gasteiger partial charge in [0.1, 0.15) is 23.0 Å². The van der Waals surface area contributed by atoms with E-state index in [1.807, 2.05) is 12.2 Å². The van der Waals surface area contributed by atoms with Crippen molar-refractivity contribution in [3.8, 4) is 23.0 Å². The maximum Gasteiger partial charge on any atom is 0.131 e. The molecule has 0 heterocycles. The van der Waals surface area contributed by atoms with Crippen molar-refractivity contribution >= 4 is 38.4 Å². The summed E-state index contributed by atoms with van der Waals surface area (Å²) in [4.78, 5) is 0. The average molecular weight is 344 g/mol. The van der Waals surface area contributed by atoms with Gasteiger partial charge < -0.3 is 20.4 Å². The largest absolute Gasteiger partial charge is 0.507 e. The third-order valence-corrected chi connectivity index (χ3v) is 5.33. The number of allylic oxidation sites excluding steroid dienone is 1. The monoisotopic (exact) mass is 344 g/mol. The molecule has 0 aromatic heterocycles. The lowest BCUT2D eigenvalue weighted by molar-refractivity contribution is 0.461. The molecule has 0 atom stereocenters. The Hall–Kier alpha value is -3.40. The third kappa shape index (κ3) is 1.78. The minimum atomic E-state index is 0.0439. The van der Waals surface area contributed by atoms with E-state index in [4.69, 9.17) is 0 Å². The molecule has 0 unspecified atom stereocenters. The van der Waals surface area contributed by atoms with Crippen LogP contribution in [0.1, 0.15) is 17.5 Å². The second-order valence-electron chi connectivity index (χ2n) is 6.72. The zero-order chi connectivity index (χ0) is 18.0. The molecule has 4 N–H and O–H groups in total. The summed E-state index contributed by atoms with van der Waals surface area (Å²) in [7, 11) is 0. The first-order chi connectivity index (χ1) is 12.6. The Morgan fingerprint density at radius 1 is 0.615 bits per heavy atom. The van der Waals surface area contributed by atoms with Crippen LogP contribution in [0.5, 0.6) is 23.0 Å². The Bertz CT molecular complexity index is 1270. The van der Waals surface area contributed by atoms with Gasteiger partial charge in [-0.2, -0.15) is 0 Å². The molecule has 0 spiro atoms. The van der Waals surface area contributed by atoms with E-state index in [1.54, 1.807) is 36.4 Å². The first-order valence-corrected chi connectivity index (χ1v) is 8.51. The maximum atomic E-state index is 10.8. The van der Waals surface area contributed by atoms with Gasteiger partial charge in [0.2, 0.25) is 0 Å². The zero-order valence-electron chi connectivity index (χ0n) is 13.8. The predicted octanol–water partition coefficient (Wildman–Crippen LogP) is 4.93. The van der Waals surface area contributed by atoms with Gasteiger partial charge in [-0.3, -0.25) is 0 Å². The topological polar surface area (TPSA) is 80.9 Å². The molecule has 5 rings (SSSR count). The Labute approximate surface area is 148 Å². The standard InChI is InChI=1S/C22H16O4/c23-19-11-5-1-2-6-12(11)20(24)16-10-18-17(9-15(16)19)21(25)13-7-3-4-8-14(13)22(18)26/h1-3,5-7,9-10,23-26H,4,8H2. The number of fused-ring (bicyclic) bond motifs is 4. The molecule has 4 heteroatoms. The summed E-state index contributed by atoms with van der Waals surface area (Å²) in [6.07, 6.45) is 5.23. The van der Waals surface area contributed by atoms with E-state index in [0.29, 0.717) is 49.9 Å². The highest BCUT2D eigenvalue weighted by atomic mass is 16.3. The molecule has 1 aliphatic rings. The van der Waals surface area contributed by atoms with Crippen LogP contribution in [0.2, 0.25) is 0 Å². The van der Waals surface area contributed by atoms with Crippen LogP contribution in [0.4, 0.5) is 0 Å². The lowest BCUT2D eigenvalue weighted by atomic mass is 9.89. The smallest absolute Gasteiger partial charge is 0.131 e. The number of phenolic OH excluding ortho intramolecular Hbond substituents is 4. The molecule has 4 aromatic carbocycles. The zero-order valence-corrected chi connectivity index (χ0v) is 13.8. The normalized spacial score (nSPS) is 13.5. The van der Waals surface area contributed by atoms with Crippen LogP contribution in [0, 0.1) is 0 Å². The lowest BCUT2D eigenvalue weighted by Gasteiger charge is -2.18. The van der Waals surface area contributed by atoms with Crippen LogP contribution in [-0.2, 0) is 6.42 Å². The molecule has 26 heavy (non-hydrogen) atoms. The molecule has 0 saturated carbocycles. The van der Waals surface area contributed by atoms with Gasteiger partial charge in [0.15, 0.2) is 0 Å². The van der Waals surface area contributed by atoms with Gasteiger partial charge in [0, 0.05) is 43.4 Å². The van der Waals surface area contributed by atoms with Gasteiger partial charge in [-0.05, 0) is 25.0 Å². The summed E-state index contributed by atoms with van der Waals surface area (Å²) in [5.74, 6) is 0.290. The number of hydrogen-bond donors (Lipinski definition) is 4. The van der Waals surface area contributed by atoms with Crippen molar-refractivity contribution in [3.63, 3.8) is 0 Å². The van der Waals surface area contributed by atoms with Gasteiger partial charge in [-0.1, -0.05) is 36.4 Å². The molecule has 1 aliphatic carbocycles. The van der Waals surface area contributed by atoms with Crippen LogP contribution >= 0.6 is 0 Å². The number of phenols is 4. The molecule has 4 nitrogen and oxygen atoms in total. The molecule has 0 aliphatic heterocycles. The third-order valence-electron chi connectivity index (χ3n) is 5.33. The summed E-state index contributed by atoms with van der Waals surface area (Å²) in [6.45, 7) is 0. The number of aromatic hydroxyl groups is 4. The molecule has 0 amide bonds. The minimum absolute atomic E-state index is 0.0439. The van der Waals surface area contributed by atoms with E-state index in [2.05, 4.69) is 0 Å². The molecule has 0 saturated heterocycles. The van der Waals surface area contributed by atoms with Crippen molar-refractivity contribution in [2.75, 3.05) is 0 Å². The summed E-state index contributed by atoms with van der Waals surface area (Å²) in [5.41, 5.74) is 1.33. The summed E-state index contributed by atoms with van der Waals surface area (Å²) >= 11 is 0. The second-order valence-corrected chi connectivity index (χ2v) is 6.72. The molecular weight excluding hydrogens is 328 g/mol. The van der Waals surface area contributed by atoms with Crippen molar-refractivity contribution in [1.82, 2.24) is 0 Å². The van der Waals surface area contributed by atoms with Crippen molar-refractivity contribution in [3.05, 3.63) is 53.6 Å². The minimum Gasteiger partial charge on any atom is -0.507 e. The average Bonchev–Trinajstić information content (AvgIpc) is 2.69. The fourth-order valence-electron chi connectivity index (χ4n) is 4.01. The maximum absolute atomic E-state index is 10.8. The summed E-state index contributed by atoms with van der Waals surface area (Å²) in [5, 5.41) is 45.8.